The molecule has 7 N–H and O–H groups in total. The standard InChI is InChI=1S/C28H38ClN7O/c1-4-6-23(15-18(3)34-27(37)19-7-12-24(30)25(31)16-19)32-14-13-20-17-33-28(36-26(20)5-2)35-22-10-8-21(29)9-11-22/h7-12,16-18,23,32H,4-6,13-15,30-31H2,1-3H3,(H,34,37)(H,33,35,36)/t18-,23-/m1/s1. The van der Waals surface area contributed by atoms with Crippen molar-refractivity contribution in [3.05, 3.63) is 70.5 Å². The molecule has 0 fully saturated rings. The number of hydrogen-bond donors (Lipinski definition) is 5. The van der Waals surface area contributed by atoms with Crippen molar-refractivity contribution < 1.29 is 4.79 Å². The smallest absolute Gasteiger partial charge is 0.251 e. The minimum absolute atomic E-state index is 0.00286. The first kappa shape index (κ1) is 28.2. The van der Waals surface area contributed by atoms with Gasteiger partial charge >= 0.3 is 0 Å². The zero-order valence-corrected chi connectivity index (χ0v) is 22.6. The molecule has 1 amide bonds. The van der Waals surface area contributed by atoms with Crippen LogP contribution in [-0.4, -0.2) is 34.5 Å². The van der Waals surface area contributed by atoms with E-state index in [1.54, 1.807) is 18.2 Å². The number of carbonyl (C=O) groups is 1. The molecule has 0 radical (unpaired) electrons. The van der Waals surface area contributed by atoms with E-state index in [1.807, 2.05) is 37.4 Å². The van der Waals surface area contributed by atoms with E-state index >= 15 is 0 Å². The normalized spacial score (nSPS) is 12.6. The third-order valence-electron chi connectivity index (χ3n) is 6.22. The molecule has 198 valence electrons. The summed E-state index contributed by atoms with van der Waals surface area (Å²) in [5.41, 5.74) is 16.1. The number of rotatable bonds is 13. The van der Waals surface area contributed by atoms with Crippen molar-refractivity contribution in [3.63, 3.8) is 0 Å². The fourth-order valence-corrected chi connectivity index (χ4v) is 4.38. The Labute approximate surface area is 224 Å². The Balaban J connectivity index is 1.53. The van der Waals surface area contributed by atoms with E-state index in [0.717, 1.165) is 55.6 Å². The minimum Gasteiger partial charge on any atom is -0.397 e. The van der Waals surface area contributed by atoms with Crippen LogP contribution < -0.4 is 27.4 Å². The number of halogens is 1. The van der Waals surface area contributed by atoms with Gasteiger partial charge in [0.2, 0.25) is 5.95 Å². The Kier molecular flexibility index (Phi) is 10.5. The lowest BCUT2D eigenvalue weighted by atomic mass is 10.0. The summed E-state index contributed by atoms with van der Waals surface area (Å²) in [5, 5.41) is 10.7. The second-order valence-electron chi connectivity index (χ2n) is 9.29. The lowest BCUT2D eigenvalue weighted by molar-refractivity contribution is 0.0936. The van der Waals surface area contributed by atoms with E-state index in [0.29, 0.717) is 27.9 Å². The van der Waals surface area contributed by atoms with Crippen LogP contribution >= 0.6 is 11.6 Å². The molecule has 8 nitrogen and oxygen atoms in total. The summed E-state index contributed by atoms with van der Waals surface area (Å²) >= 11 is 5.97. The second-order valence-corrected chi connectivity index (χ2v) is 9.73. The van der Waals surface area contributed by atoms with Crippen molar-refractivity contribution in [2.75, 3.05) is 23.3 Å². The van der Waals surface area contributed by atoms with Gasteiger partial charge in [0.05, 0.1) is 11.4 Å². The van der Waals surface area contributed by atoms with Crippen LogP contribution in [0.2, 0.25) is 5.02 Å². The molecule has 0 aliphatic carbocycles. The van der Waals surface area contributed by atoms with Crippen LogP contribution in [0.25, 0.3) is 0 Å². The number of amides is 1. The van der Waals surface area contributed by atoms with Gasteiger partial charge in [0.15, 0.2) is 0 Å². The zero-order valence-electron chi connectivity index (χ0n) is 21.9. The lowest BCUT2D eigenvalue weighted by Crippen LogP contribution is -2.40. The van der Waals surface area contributed by atoms with Gasteiger partial charge in [-0.3, -0.25) is 4.79 Å². The maximum atomic E-state index is 12.6. The first-order chi connectivity index (χ1) is 17.8. The van der Waals surface area contributed by atoms with Crippen LogP contribution in [-0.2, 0) is 12.8 Å². The van der Waals surface area contributed by atoms with Crippen molar-refractivity contribution in [2.24, 2.45) is 0 Å². The van der Waals surface area contributed by atoms with Crippen molar-refractivity contribution in [3.8, 4) is 0 Å². The van der Waals surface area contributed by atoms with Gasteiger partial charge in [-0.25, -0.2) is 9.97 Å². The van der Waals surface area contributed by atoms with Crippen LogP contribution in [0.1, 0.15) is 61.6 Å². The highest BCUT2D eigenvalue weighted by Gasteiger charge is 2.16. The van der Waals surface area contributed by atoms with Gasteiger partial charge < -0.3 is 27.4 Å². The Morgan fingerprint density at radius 3 is 2.51 bits per heavy atom. The maximum Gasteiger partial charge on any atom is 0.251 e. The average molecular weight is 524 g/mol. The molecular weight excluding hydrogens is 486 g/mol. The molecule has 2 atom stereocenters. The molecule has 0 aliphatic rings. The highest BCUT2D eigenvalue weighted by molar-refractivity contribution is 6.30. The number of nitrogens with zero attached hydrogens (tertiary/aromatic N) is 2. The number of carbonyl (C=O) groups excluding carboxylic acids is 1. The molecule has 9 heteroatoms. The molecule has 0 unspecified atom stereocenters. The molecule has 0 spiro atoms. The fourth-order valence-electron chi connectivity index (χ4n) is 4.25. The molecular formula is C28H38ClN7O. The van der Waals surface area contributed by atoms with Crippen molar-refractivity contribution in [2.45, 2.75) is 65.0 Å². The molecule has 0 saturated carbocycles. The Hall–Kier alpha value is -3.36. The van der Waals surface area contributed by atoms with Gasteiger partial charge in [0.1, 0.15) is 0 Å². The highest BCUT2D eigenvalue weighted by Crippen LogP contribution is 2.19. The van der Waals surface area contributed by atoms with Gasteiger partial charge in [-0.05, 0) is 87.2 Å². The average Bonchev–Trinajstić information content (AvgIpc) is 2.87. The number of nitrogens with two attached hydrogens (primary N) is 2. The van der Waals surface area contributed by atoms with Crippen molar-refractivity contribution in [1.29, 1.82) is 0 Å². The summed E-state index contributed by atoms with van der Waals surface area (Å²) in [6, 6.07) is 12.7. The molecule has 1 heterocycles. The van der Waals surface area contributed by atoms with Crippen molar-refractivity contribution >= 4 is 40.5 Å². The zero-order chi connectivity index (χ0) is 26.8. The number of aromatic nitrogens is 2. The molecule has 3 aromatic rings. The van der Waals surface area contributed by atoms with Crippen LogP contribution in [0.5, 0.6) is 0 Å². The number of benzene rings is 2. The minimum atomic E-state index is -0.147. The van der Waals surface area contributed by atoms with Crippen LogP contribution in [0, 0.1) is 0 Å². The Morgan fingerprint density at radius 1 is 1.08 bits per heavy atom. The van der Waals surface area contributed by atoms with Crippen molar-refractivity contribution in [1.82, 2.24) is 20.6 Å². The molecule has 0 aliphatic heterocycles. The Morgan fingerprint density at radius 2 is 1.84 bits per heavy atom. The summed E-state index contributed by atoms with van der Waals surface area (Å²) in [6.07, 6.45) is 6.46. The summed E-state index contributed by atoms with van der Waals surface area (Å²) in [4.78, 5) is 21.9. The van der Waals surface area contributed by atoms with Gasteiger partial charge in [0.25, 0.3) is 5.91 Å². The summed E-state index contributed by atoms with van der Waals surface area (Å²) in [5.74, 6) is 0.429. The van der Waals surface area contributed by atoms with E-state index in [4.69, 9.17) is 28.1 Å². The van der Waals surface area contributed by atoms with Gasteiger partial charge in [-0.15, -0.1) is 0 Å². The molecule has 37 heavy (non-hydrogen) atoms. The van der Waals surface area contributed by atoms with Crippen LogP contribution in [0.15, 0.2) is 48.7 Å². The molecule has 3 rings (SSSR count). The molecule has 1 aromatic heterocycles. The van der Waals surface area contributed by atoms with Gasteiger partial charge in [-0.2, -0.15) is 0 Å². The first-order valence-corrected chi connectivity index (χ1v) is 13.2. The van der Waals surface area contributed by atoms with E-state index in [9.17, 15) is 4.79 Å². The SMILES string of the molecule is CCC[C@H](C[C@@H](C)NC(=O)c1ccc(N)c(N)c1)NCCc1cnc(Nc2ccc(Cl)cc2)nc1CC. The van der Waals surface area contributed by atoms with E-state index in [1.165, 1.54) is 0 Å². The lowest BCUT2D eigenvalue weighted by Gasteiger charge is -2.23. The summed E-state index contributed by atoms with van der Waals surface area (Å²) in [7, 11) is 0. The van der Waals surface area contributed by atoms with Crippen LogP contribution in [0.3, 0.4) is 0 Å². The predicted molar refractivity (Wildman–Crippen MR) is 153 cm³/mol. The van der Waals surface area contributed by atoms with Gasteiger partial charge in [-0.1, -0.05) is 31.9 Å². The highest BCUT2D eigenvalue weighted by atomic mass is 35.5. The van der Waals surface area contributed by atoms with E-state index in [-0.39, 0.29) is 18.0 Å². The molecule has 0 saturated heterocycles. The topological polar surface area (TPSA) is 131 Å². The monoisotopic (exact) mass is 523 g/mol. The van der Waals surface area contributed by atoms with Crippen LogP contribution in [0.4, 0.5) is 23.0 Å². The molecule has 0 bridgehead atoms. The predicted octanol–water partition coefficient (Wildman–Crippen LogP) is 5.11. The number of nitrogens with one attached hydrogen (secondary N) is 3. The first-order valence-electron chi connectivity index (χ1n) is 12.9. The number of nitrogen functional groups attached to an aromatic ring is 2. The number of anilines is 4. The number of hydrogen-bond acceptors (Lipinski definition) is 7. The van der Waals surface area contributed by atoms with E-state index in [2.05, 4.69) is 34.8 Å². The molecule has 2 aromatic carbocycles. The van der Waals surface area contributed by atoms with Gasteiger partial charge in [0, 0.05) is 40.2 Å². The maximum absolute atomic E-state index is 12.6. The quantitative estimate of drug-likeness (QED) is 0.197. The number of aryl methyl sites for hydroxylation is 1. The fraction of sp³-hybridized carbons (Fsp3) is 0.393. The summed E-state index contributed by atoms with van der Waals surface area (Å²) < 4.78 is 0. The van der Waals surface area contributed by atoms with E-state index < -0.39 is 0 Å². The second kappa shape index (κ2) is 13.8. The third-order valence-corrected chi connectivity index (χ3v) is 6.47. The Bertz CT molecular complexity index is 1170. The largest absolute Gasteiger partial charge is 0.397 e. The summed E-state index contributed by atoms with van der Waals surface area (Å²) in [6.45, 7) is 7.10. The third kappa shape index (κ3) is 8.61.